The van der Waals surface area contributed by atoms with Gasteiger partial charge in [-0.05, 0) is 90.8 Å². The van der Waals surface area contributed by atoms with Crippen molar-refractivity contribution in [1.29, 1.82) is 0 Å². The first-order valence-corrected chi connectivity index (χ1v) is 15.6. The number of piperazine rings is 1. The molecule has 3 aromatic carbocycles. The lowest BCUT2D eigenvalue weighted by Gasteiger charge is -2.38. The van der Waals surface area contributed by atoms with E-state index >= 15 is 0 Å². The third kappa shape index (κ3) is 7.53. The van der Waals surface area contributed by atoms with E-state index in [9.17, 15) is 4.79 Å². The number of aromatic nitrogens is 3. The topological polar surface area (TPSA) is 72.7 Å². The summed E-state index contributed by atoms with van der Waals surface area (Å²) < 4.78 is 14.2. The smallest absolute Gasteiger partial charge is 0.209 e. The fourth-order valence-electron chi connectivity index (χ4n) is 5.43. The average Bonchev–Trinajstić information content (AvgIpc) is 3.49. The first-order valence-electron chi connectivity index (χ1n) is 15.2. The third-order valence-corrected chi connectivity index (χ3v) is 8.01. The van der Waals surface area contributed by atoms with E-state index in [4.69, 9.17) is 26.1 Å². The number of rotatable bonds is 11. The van der Waals surface area contributed by atoms with Crippen molar-refractivity contribution >= 4 is 23.6 Å². The quantitative estimate of drug-likeness (QED) is 0.143. The molecule has 0 aliphatic carbocycles. The van der Waals surface area contributed by atoms with Crippen molar-refractivity contribution in [2.75, 3.05) is 31.1 Å². The number of nitrogens with zero attached hydrogens (tertiary/aromatic N) is 5. The van der Waals surface area contributed by atoms with Gasteiger partial charge in [0.15, 0.2) is 6.29 Å². The molecule has 0 bridgehead atoms. The molecule has 3 heterocycles. The molecule has 1 unspecified atom stereocenters. The van der Waals surface area contributed by atoms with Gasteiger partial charge in [0, 0.05) is 73.2 Å². The van der Waals surface area contributed by atoms with E-state index in [-0.39, 0.29) is 0 Å². The Morgan fingerprint density at radius 3 is 2.04 bits per heavy atom. The molecular formula is C36H36ClN5O3. The standard InChI is InChI=1S/C36H36ClN5O3/c1-26(2)23-35-39-34(24-42(35)30-7-13-32(14-8-30)44-31-11-5-28(37)6-12-31)27-3-9-33(10-4-27)45-36(25-43)41-21-19-40(20-22-41)29-15-17-38-18-16-29/h3-18,24-26,36H,19-23H2,1-2H3. The molecule has 5 aromatic rings. The van der Waals surface area contributed by atoms with Gasteiger partial charge in [-0.3, -0.25) is 14.7 Å². The van der Waals surface area contributed by atoms with Crippen molar-refractivity contribution < 1.29 is 14.3 Å². The Hall–Kier alpha value is -4.66. The Bertz CT molecular complexity index is 1680. The van der Waals surface area contributed by atoms with Crippen LogP contribution < -0.4 is 14.4 Å². The van der Waals surface area contributed by atoms with Crippen molar-refractivity contribution in [3.05, 3.63) is 114 Å². The zero-order chi connectivity index (χ0) is 31.2. The Kier molecular flexibility index (Phi) is 9.43. The van der Waals surface area contributed by atoms with Gasteiger partial charge in [0.2, 0.25) is 6.23 Å². The first kappa shape index (κ1) is 30.4. The van der Waals surface area contributed by atoms with Crippen LogP contribution in [0.4, 0.5) is 5.69 Å². The molecule has 0 N–H and O–H groups in total. The van der Waals surface area contributed by atoms with E-state index in [1.807, 2.05) is 84.9 Å². The maximum Gasteiger partial charge on any atom is 0.209 e. The Labute approximate surface area is 268 Å². The first-order chi connectivity index (χ1) is 21.9. The lowest BCUT2D eigenvalue weighted by Crippen LogP contribution is -2.52. The second-order valence-corrected chi connectivity index (χ2v) is 11.9. The molecule has 0 radical (unpaired) electrons. The minimum atomic E-state index is -0.640. The number of benzene rings is 3. The molecular weight excluding hydrogens is 586 g/mol. The summed E-state index contributed by atoms with van der Waals surface area (Å²) in [6.45, 7) is 7.47. The summed E-state index contributed by atoms with van der Waals surface area (Å²) in [5.41, 5.74) is 3.99. The van der Waals surface area contributed by atoms with Gasteiger partial charge in [-0.2, -0.15) is 0 Å². The van der Waals surface area contributed by atoms with Crippen LogP contribution in [0.25, 0.3) is 16.9 Å². The van der Waals surface area contributed by atoms with Crippen molar-refractivity contribution in [2.45, 2.75) is 26.5 Å². The van der Waals surface area contributed by atoms with Crippen LogP contribution in [0.15, 0.2) is 104 Å². The molecule has 1 fully saturated rings. The Morgan fingerprint density at radius 1 is 0.800 bits per heavy atom. The van der Waals surface area contributed by atoms with Crippen LogP contribution in [-0.4, -0.2) is 58.1 Å². The van der Waals surface area contributed by atoms with Crippen LogP contribution in [0.1, 0.15) is 19.7 Å². The number of hydrogen-bond donors (Lipinski definition) is 0. The number of carbonyl (C=O) groups excluding carboxylic acids is 1. The Morgan fingerprint density at radius 2 is 1.42 bits per heavy atom. The Balaban J connectivity index is 1.13. The highest BCUT2D eigenvalue weighted by atomic mass is 35.5. The maximum absolute atomic E-state index is 12.0. The molecule has 1 aliphatic heterocycles. The molecule has 8 nitrogen and oxygen atoms in total. The monoisotopic (exact) mass is 621 g/mol. The normalized spacial score (nSPS) is 14.4. The molecule has 0 saturated carbocycles. The zero-order valence-corrected chi connectivity index (χ0v) is 26.2. The van der Waals surface area contributed by atoms with Gasteiger partial charge in [0.05, 0.1) is 5.69 Å². The van der Waals surface area contributed by atoms with Crippen LogP contribution in [0.3, 0.4) is 0 Å². The van der Waals surface area contributed by atoms with Gasteiger partial charge in [-0.1, -0.05) is 25.4 Å². The molecule has 9 heteroatoms. The maximum atomic E-state index is 12.0. The fraction of sp³-hybridized carbons (Fsp3) is 0.250. The number of halogens is 1. The van der Waals surface area contributed by atoms with E-state index < -0.39 is 6.23 Å². The third-order valence-electron chi connectivity index (χ3n) is 7.76. The summed E-state index contributed by atoms with van der Waals surface area (Å²) in [5, 5.41) is 0.672. The number of aldehydes is 1. The summed E-state index contributed by atoms with van der Waals surface area (Å²) in [7, 11) is 0. The molecule has 230 valence electrons. The summed E-state index contributed by atoms with van der Waals surface area (Å²) >= 11 is 6.00. The van der Waals surface area contributed by atoms with Crippen LogP contribution in [0.5, 0.6) is 17.2 Å². The van der Waals surface area contributed by atoms with Crippen LogP contribution in [0.2, 0.25) is 5.02 Å². The number of hydrogen-bond acceptors (Lipinski definition) is 7. The van der Waals surface area contributed by atoms with Crippen LogP contribution in [0, 0.1) is 5.92 Å². The molecule has 2 aromatic heterocycles. The van der Waals surface area contributed by atoms with E-state index in [1.165, 1.54) is 0 Å². The number of anilines is 1. The number of ether oxygens (including phenoxy) is 2. The van der Waals surface area contributed by atoms with Crippen molar-refractivity contribution in [1.82, 2.24) is 19.4 Å². The minimum absolute atomic E-state index is 0.439. The predicted octanol–water partition coefficient (Wildman–Crippen LogP) is 7.30. The molecule has 45 heavy (non-hydrogen) atoms. The highest BCUT2D eigenvalue weighted by Crippen LogP contribution is 2.28. The molecule has 1 atom stereocenters. The summed E-state index contributed by atoms with van der Waals surface area (Å²) in [6.07, 6.45) is 6.74. The number of carbonyl (C=O) groups is 1. The van der Waals surface area contributed by atoms with Gasteiger partial charge >= 0.3 is 0 Å². The highest BCUT2D eigenvalue weighted by Gasteiger charge is 2.25. The van der Waals surface area contributed by atoms with Gasteiger partial charge < -0.3 is 18.9 Å². The van der Waals surface area contributed by atoms with Crippen LogP contribution in [-0.2, 0) is 11.2 Å². The van der Waals surface area contributed by atoms with E-state index in [1.54, 1.807) is 12.4 Å². The SMILES string of the molecule is CC(C)Cc1nc(-c2ccc(OC(C=O)N3CCN(c4ccncc4)CC3)cc2)cn1-c1ccc(Oc2ccc(Cl)cc2)cc1. The molecule has 0 amide bonds. The van der Waals surface area contributed by atoms with Crippen molar-refractivity contribution in [3.63, 3.8) is 0 Å². The number of pyridine rings is 1. The summed E-state index contributed by atoms with van der Waals surface area (Å²) in [6, 6.07) is 27.1. The molecule has 6 rings (SSSR count). The lowest BCUT2D eigenvalue weighted by atomic mass is 10.1. The average molecular weight is 622 g/mol. The van der Waals surface area contributed by atoms with Gasteiger partial charge in [-0.15, -0.1) is 0 Å². The minimum Gasteiger partial charge on any atom is -0.468 e. The second kappa shape index (κ2) is 14.0. The summed E-state index contributed by atoms with van der Waals surface area (Å²) in [5.74, 6) is 3.54. The zero-order valence-electron chi connectivity index (χ0n) is 25.4. The fourth-order valence-corrected chi connectivity index (χ4v) is 5.55. The van der Waals surface area contributed by atoms with Crippen LogP contribution >= 0.6 is 11.6 Å². The predicted molar refractivity (Wildman–Crippen MR) is 178 cm³/mol. The summed E-state index contributed by atoms with van der Waals surface area (Å²) in [4.78, 5) is 25.5. The molecule has 1 saturated heterocycles. The van der Waals surface area contributed by atoms with Crippen molar-refractivity contribution in [3.8, 4) is 34.2 Å². The highest BCUT2D eigenvalue weighted by molar-refractivity contribution is 6.30. The number of imidazole rings is 1. The molecule has 0 spiro atoms. The van der Waals surface area contributed by atoms with Gasteiger partial charge in [0.1, 0.15) is 23.1 Å². The van der Waals surface area contributed by atoms with Crippen molar-refractivity contribution in [2.24, 2.45) is 5.92 Å². The van der Waals surface area contributed by atoms with E-state index in [2.05, 4.69) is 39.4 Å². The lowest BCUT2D eigenvalue weighted by molar-refractivity contribution is -0.121. The largest absolute Gasteiger partial charge is 0.468 e. The van der Waals surface area contributed by atoms with Gasteiger partial charge in [0.25, 0.3) is 0 Å². The van der Waals surface area contributed by atoms with E-state index in [0.717, 1.165) is 78.8 Å². The van der Waals surface area contributed by atoms with Gasteiger partial charge in [-0.25, -0.2) is 4.98 Å². The molecule has 1 aliphatic rings. The second-order valence-electron chi connectivity index (χ2n) is 11.5. The van der Waals surface area contributed by atoms with E-state index in [0.29, 0.717) is 16.7 Å².